The summed E-state index contributed by atoms with van der Waals surface area (Å²) in [5, 5.41) is 0.431. The summed E-state index contributed by atoms with van der Waals surface area (Å²) in [5.74, 6) is 0. The number of benzene rings is 1. The average molecular weight is 222 g/mol. The lowest BCUT2D eigenvalue weighted by Crippen LogP contribution is -2.21. The molecule has 1 heterocycles. The molecule has 0 saturated heterocycles. The lowest BCUT2D eigenvalue weighted by atomic mass is 10.1. The molecule has 1 aromatic carbocycles. The van der Waals surface area contributed by atoms with Crippen LogP contribution >= 0.6 is 0 Å². The summed E-state index contributed by atoms with van der Waals surface area (Å²) in [6.45, 7) is 0.251. The minimum atomic E-state index is -0.526. The molecule has 0 amide bonds. The Morgan fingerprint density at radius 3 is 2.81 bits per heavy atom. The number of aromatic amines is 2. The molecular formula is C10H10N2O4. The SMILES string of the molecule is COOCc1ccc2c(=O)[nH]c(=O)[nH]c2c1. The molecule has 0 aliphatic heterocycles. The Morgan fingerprint density at radius 2 is 2.06 bits per heavy atom. The molecule has 2 N–H and O–H groups in total. The van der Waals surface area contributed by atoms with E-state index < -0.39 is 11.2 Å². The zero-order valence-corrected chi connectivity index (χ0v) is 8.57. The van der Waals surface area contributed by atoms with E-state index in [2.05, 4.69) is 14.9 Å². The van der Waals surface area contributed by atoms with Gasteiger partial charge in [-0.25, -0.2) is 14.6 Å². The summed E-state index contributed by atoms with van der Waals surface area (Å²) in [5.41, 5.74) is 0.349. The van der Waals surface area contributed by atoms with Gasteiger partial charge in [0.15, 0.2) is 0 Å². The zero-order chi connectivity index (χ0) is 11.5. The molecule has 0 bridgehead atoms. The third-order valence-electron chi connectivity index (χ3n) is 2.15. The number of aromatic nitrogens is 2. The van der Waals surface area contributed by atoms with Crippen LogP contribution in [0.4, 0.5) is 0 Å². The van der Waals surface area contributed by atoms with E-state index in [4.69, 9.17) is 4.89 Å². The van der Waals surface area contributed by atoms with Gasteiger partial charge in [-0.2, -0.15) is 0 Å². The lowest BCUT2D eigenvalue weighted by molar-refractivity contribution is -0.282. The highest BCUT2D eigenvalue weighted by molar-refractivity contribution is 5.77. The zero-order valence-electron chi connectivity index (χ0n) is 8.57. The van der Waals surface area contributed by atoms with Crippen molar-refractivity contribution in [2.45, 2.75) is 6.61 Å². The van der Waals surface area contributed by atoms with Crippen LogP contribution in [0, 0.1) is 0 Å². The van der Waals surface area contributed by atoms with Crippen LogP contribution in [-0.2, 0) is 16.4 Å². The number of hydrogen-bond acceptors (Lipinski definition) is 4. The first-order valence-corrected chi connectivity index (χ1v) is 4.61. The van der Waals surface area contributed by atoms with Crippen LogP contribution in [0.2, 0.25) is 0 Å². The number of hydrogen-bond donors (Lipinski definition) is 2. The highest BCUT2D eigenvalue weighted by Gasteiger charge is 2.02. The monoisotopic (exact) mass is 222 g/mol. The van der Waals surface area contributed by atoms with Gasteiger partial charge in [0, 0.05) is 0 Å². The molecule has 0 fully saturated rings. The Hall–Kier alpha value is -1.92. The van der Waals surface area contributed by atoms with Crippen LogP contribution in [0.25, 0.3) is 10.9 Å². The van der Waals surface area contributed by atoms with Crippen molar-refractivity contribution < 1.29 is 9.78 Å². The molecule has 0 saturated carbocycles. The fraction of sp³-hybridized carbons (Fsp3) is 0.200. The summed E-state index contributed by atoms with van der Waals surface area (Å²) < 4.78 is 0. The average Bonchev–Trinajstić information content (AvgIpc) is 2.25. The molecule has 6 heteroatoms. The largest absolute Gasteiger partial charge is 0.326 e. The Bertz CT molecular complexity index is 614. The molecule has 16 heavy (non-hydrogen) atoms. The van der Waals surface area contributed by atoms with Crippen LogP contribution in [0.5, 0.6) is 0 Å². The molecule has 1 aromatic heterocycles. The highest BCUT2D eigenvalue weighted by atomic mass is 17.2. The quantitative estimate of drug-likeness (QED) is 0.577. The second-order valence-electron chi connectivity index (χ2n) is 3.22. The van der Waals surface area contributed by atoms with E-state index in [0.717, 1.165) is 5.56 Å². The highest BCUT2D eigenvalue weighted by Crippen LogP contribution is 2.09. The lowest BCUT2D eigenvalue weighted by Gasteiger charge is -2.02. The van der Waals surface area contributed by atoms with Crippen LogP contribution in [0.15, 0.2) is 27.8 Å². The minimum absolute atomic E-state index is 0.251. The molecule has 84 valence electrons. The summed E-state index contributed by atoms with van der Waals surface area (Å²) in [6.07, 6.45) is 0. The van der Waals surface area contributed by atoms with Gasteiger partial charge >= 0.3 is 5.69 Å². The van der Waals surface area contributed by atoms with E-state index in [9.17, 15) is 9.59 Å². The summed E-state index contributed by atoms with van der Waals surface area (Å²) in [4.78, 5) is 36.4. The second kappa shape index (κ2) is 4.30. The molecule has 2 aromatic rings. The molecule has 0 aliphatic carbocycles. The molecule has 6 nitrogen and oxygen atoms in total. The number of nitrogens with one attached hydrogen (secondary N) is 2. The van der Waals surface area contributed by atoms with Crippen molar-refractivity contribution >= 4 is 10.9 Å². The first-order valence-electron chi connectivity index (χ1n) is 4.61. The first kappa shape index (κ1) is 10.6. The maximum absolute atomic E-state index is 11.4. The summed E-state index contributed by atoms with van der Waals surface area (Å²) in [7, 11) is 1.41. The van der Waals surface area contributed by atoms with Gasteiger partial charge in [-0.05, 0) is 17.7 Å². The Labute approximate surface area is 89.8 Å². The molecule has 0 atom stereocenters. The Balaban J connectivity index is 2.53. The Morgan fingerprint density at radius 1 is 1.25 bits per heavy atom. The van der Waals surface area contributed by atoms with Crippen molar-refractivity contribution in [3.8, 4) is 0 Å². The van der Waals surface area contributed by atoms with Gasteiger partial charge in [-0.15, -0.1) is 0 Å². The van der Waals surface area contributed by atoms with E-state index in [1.54, 1.807) is 18.2 Å². The molecule has 2 rings (SSSR count). The van der Waals surface area contributed by atoms with Gasteiger partial charge in [-0.3, -0.25) is 9.78 Å². The Kier molecular flexibility index (Phi) is 2.84. The standard InChI is InChI=1S/C10H10N2O4/c1-15-16-5-6-2-3-7-8(4-6)11-10(14)12-9(7)13/h2-4H,5H2,1H3,(H2,11,12,13,14). The predicted octanol–water partition coefficient (Wildman–Crippen LogP) is 0.294. The van der Waals surface area contributed by atoms with Gasteiger partial charge in [0.2, 0.25) is 0 Å². The molecule has 0 radical (unpaired) electrons. The van der Waals surface area contributed by atoms with E-state index in [-0.39, 0.29) is 6.61 Å². The van der Waals surface area contributed by atoms with E-state index in [1.807, 2.05) is 0 Å². The van der Waals surface area contributed by atoms with Crippen LogP contribution in [0.1, 0.15) is 5.56 Å². The second-order valence-corrected chi connectivity index (χ2v) is 3.22. The topological polar surface area (TPSA) is 84.2 Å². The van der Waals surface area contributed by atoms with Gasteiger partial charge in [-0.1, -0.05) is 6.07 Å². The van der Waals surface area contributed by atoms with Crippen molar-refractivity contribution in [1.29, 1.82) is 0 Å². The molecule has 0 aliphatic rings. The molecular weight excluding hydrogens is 212 g/mol. The number of H-pyrrole nitrogens is 2. The van der Waals surface area contributed by atoms with E-state index in [0.29, 0.717) is 10.9 Å². The normalized spacial score (nSPS) is 10.8. The first-order chi connectivity index (χ1) is 7.70. The minimum Gasteiger partial charge on any atom is -0.307 e. The van der Waals surface area contributed by atoms with Gasteiger partial charge < -0.3 is 4.98 Å². The number of rotatable bonds is 3. The fourth-order valence-electron chi connectivity index (χ4n) is 1.43. The van der Waals surface area contributed by atoms with Crippen molar-refractivity contribution in [3.63, 3.8) is 0 Å². The fourth-order valence-corrected chi connectivity index (χ4v) is 1.43. The summed E-state index contributed by atoms with van der Waals surface area (Å²) in [6, 6.07) is 5.03. The maximum Gasteiger partial charge on any atom is 0.326 e. The van der Waals surface area contributed by atoms with E-state index in [1.165, 1.54) is 7.11 Å². The van der Waals surface area contributed by atoms with Crippen molar-refractivity contribution in [1.82, 2.24) is 9.97 Å². The van der Waals surface area contributed by atoms with Gasteiger partial charge in [0.25, 0.3) is 5.56 Å². The third-order valence-corrected chi connectivity index (χ3v) is 2.15. The molecule has 0 unspecified atom stereocenters. The number of fused-ring (bicyclic) bond motifs is 1. The van der Waals surface area contributed by atoms with Crippen LogP contribution < -0.4 is 11.2 Å². The smallest absolute Gasteiger partial charge is 0.307 e. The maximum atomic E-state index is 11.4. The van der Waals surface area contributed by atoms with E-state index >= 15 is 0 Å². The summed E-state index contributed by atoms with van der Waals surface area (Å²) >= 11 is 0. The third kappa shape index (κ3) is 2.02. The predicted molar refractivity (Wildman–Crippen MR) is 57.0 cm³/mol. The molecule has 0 spiro atoms. The van der Waals surface area contributed by atoms with Crippen molar-refractivity contribution in [3.05, 3.63) is 44.6 Å². The van der Waals surface area contributed by atoms with Crippen molar-refractivity contribution in [2.75, 3.05) is 7.11 Å². The van der Waals surface area contributed by atoms with Crippen LogP contribution in [-0.4, -0.2) is 17.1 Å². The van der Waals surface area contributed by atoms with Crippen molar-refractivity contribution in [2.24, 2.45) is 0 Å². The van der Waals surface area contributed by atoms with Gasteiger partial charge in [0.1, 0.15) is 6.61 Å². The van der Waals surface area contributed by atoms with Gasteiger partial charge in [0.05, 0.1) is 18.0 Å². The van der Waals surface area contributed by atoms with Crippen LogP contribution in [0.3, 0.4) is 0 Å².